The van der Waals surface area contributed by atoms with Crippen LogP contribution in [0.5, 0.6) is 0 Å². The quantitative estimate of drug-likeness (QED) is 0.772. The second-order valence-electron chi connectivity index (χ2n) is 2.42. The van der Waals surface area contributed by atoms with Crippen LogP contribution in [0.15, 0.2) is 24.3 Å². The molecule has 0 atom stereocenters. The molecule has 6 heteroatoms. The standard InChI is InChI=1S/C7H8ClNO3S/c1-9(13(10,11)12)7-4-2-6(8)3-5-7/h2-5H,1H3,(H,10,11,12). The molecule has 0 amide bonds. The van der Waals surface area contributed by atoms with E-state index in [9.17, 15) is 8.42 Å². The Bertz CT molecular complexity index is 387. The minimum atomic E-state index is -4.18. The lowest BCUT2D eigenvalue weighted by Gasteiger charge is -2.14. The van der Waals surface area contributed by atoms with Crippen LogP contribution in [-0.2, 0) is 10.3 Å². The van der Waals surface area contributed by atoms with Gasteiger partial charge in [-0.05, 0) is 24.3 Å². The summed E-state index contributed by atoms with van der Waals surface area (Å²) in [7, 11) is -2.93. The summed E-state index contributed by atoms with van der Waals surface area (Å²) < 4.78 is 30.8. The normalized spacial score (nSPS) is 11.3. The predicted octanol–water partition coefficient (Wildman–Crippen LogP) is 1.58. The van der Waals surface area contributed by atoms with Crippen LogP contribution in [0.3, 0.4) is 0 Å². The molecule has 0 radical (unpaired) electrons. The highest BCUT2D eigenvalue weighted by molar-refractivity contribution is 7.87. The second kappa shape index (κ2) is 3.53. The van der Waals surface area contributed by atoms with E-state index in [1.165, 1.54) is 19.2 Å². The summed E-state index contributed by atoms with van der Waals surface area (Å²) in [4.78, 5) is 0. The Balaban J connectivity index is 3.04. The molecule has 0 spiro atoms. The molecule has 0 aliphatic rings. The molecule has 1 rings (SSSR count). The maximum atomic E-state index is 10.7. The van der Waals surface area contributed by atoms with E-state index in [1.54, 1.807) is 12.1 Å². The van der Waals surface area contributed by atoms with E-state index in [4.69, 9.17) is 16.2 Å². The van der Waals surface area contributed by atoms with Crippen molar-refractivity contribution in [3.63, 3.8) is 0 Å². The molecule has 13 heavy (non-hydrogen) atoms. The van der Waals surface area contributed by atoms with Gasteiger partial charge in [-0.1, -0.05) is 11.6 Å². The zero-order valence-electron chi connectivity index (χ0n) is 6.81. The van der Waals surface area contributed by atoms with Gasteiger partial charge >= 0.3 is 10.3 Å². The summed E-state index contributed by atoms with van der Waals surface area (Å²) in [5.74, 6) is 0. The number of rotatable bonds is 2. The lowest BCUT2D eigenvalue weighted by Crippen LogP contribution is -2.25. The monoisotopic (exact) mass is 221 g/mol. The molecule has 1 N–H and O–H groups in total. The first-order chi connectivity index (χ1) is 5.91. The van der Waals surface area contributed by atoms with Gasteiger partial charge in [0.1, 0.15) is 0 Å². The first-order valence-electron chi connectivity index (χ1n) is 3.38. The molecule has 0 aromatic heterocycles. The fraction of sp³-hybridized carbons (Fsp3) is 0.143. The average Bonchev–Trinajstić information content (AvgIpc) is 2.03. The summed E-state index contributed by atoms with van der Waals surface area (Å²) in [6.07, 6.45) is 0. The van der Waals surface area contributed by atoms with Crippen molar-refractivity contribution in [1.82, 2.24) is 0 Å². The fourth-order valence-corrected chi connectivity index (χ4v) is 1.30. The maximum Gasteiger partial charge on any atom is 0.359 e. The molecule has 0 aliphatic carbocycles. The summed E-state index contributed by atoms with van der Waals surface area (Å²) in [6.45, 7) is 0. The lowest BCUT2D eigenvalue weighted by molar-refractivity contribution is 0.481. The summed E-state index contributed by atoms with van der Waals surface area (Å²) in [5.41, 5.74) is 0.354. The summed E-state index contributed by atoms with van der Waals surface area (Å²) in [5, 5.41) is 0.507. The third kappa shape index (κ3) is 2.58. The van der Waals surface area contributed by atoms with Crippen LogP contribution in [0.25, 0.3) is 0 Å². The van der Waals surface area contributed by atoms with Crippen LogP contribution in [0, 0.1) is 0 Å². The largest absolute Gasteiger partial charge is 0.359 e. The van der Waals surface area contributed by atoms with Gasteiger partial charge in [0.2, 0.25) is 0 Å². The molecule has 0 unspecified atom stereocenters. The van der Waals surface area contributed by atoms with E-state index in [0.717, 1.165) is 4.31 Å². The van der Waals surface area contributed by atoms with E-state index in [2.05, 4.69) is 0 Å². The van der Waals surface area contributed by atoms with Crippen molar-refractivity contribution in [3.05, 3.63) is 29.3 Å². The van der Waals surface area contributed by atoms with Crippen LogP contribution < -0.4 is 4.31 Å². The van der Waals surface area contributed by atoms with Crippen LogP contribution in [0.2, 0.25) is 5.02 Å². The van der Waals surface area contributed by atoms with Crippen molar-refractivity contribution in [3.8, 4) is 0 Å². The Morgan fingerprint density at radius 3 is 2.15 bits per heavy atom. The van der Waals surface area contributed by atoms with Crippen molar-refractivity contribution in [1.29, 1.82) is 0 Å². The van der Waals surface area contributed by atoms with Gasteiger partial charge in [0.25, 0.3) is 0 Å². The topological polar surface area (TPSA) is 57.6 Å². The molecule has 1 aromatic carbocycles. The SMILES string of the molecule is CN(c1ccc(Cl)cc1)S(=O)(=O)O. The molecule has 4 nitrogen and oxygen atoms in total. The molecule has 1 aromatic rings. The van der Waals surface area contributed by atoms with Crippen molar-refractivity contribution in [2.24, 2.45) is 0 Å². The number of hydrogen-bond donors (Lipinski definition) is 1. The van der Waals surface area contributed by atoms with Crippen molar-refractivity contribution < 1.29 is 13.0 Å². The van der Waals surface area contributed by atoms with E-state index in [1.807, 2.05) is 0 Å². The van der Waals surface area contributed by atoms with Crippen LogP contribution in [0.1, 0.15) is 0 Å². The van der Waals surface area contributed by atoms with E-state index in [-0.39, 0.29) is 0 Å². The highest BCUT2D eigenvalue weighted by Crippen LogP contribution is 2.18. The van der Waals surface area contributed by atoms with Gasteiger partial charge in [-0.2, -0.15) is 8.42 Å². The molecular weight excluding hydrogens is 214 g/mol. The first kappa shape index (κ1) is 10.3. The van der Waals surface area contributed by atoms with Crippen LogP contribution in [0.4, 0.5) is 5.69 Å². The molecular formula is C7H8ClNO3S. The maximum absolute atomic E-state index is 10.7. The van der Waals surface area contributed by atoms with Crippen LogP contribution in [-0.4, -0.2) is 20.0 Å². The van der Waals surface area contributed by atoms with Crippen molar-refractivity contribution >= 4 is 27.6 Å². The van der Waals surface area contributed by atoms with E-state index >= 15 is 0 Å². The Hall–Kier alpha value is -0.780. The van der Waals surface area contributed by atoms with Crippen molar-refractivity contribution in [2.45, 2.75) is 0 Å². The number of nitrogens with zero attached hydrogens (tertiary/aromatic N) is 1. The number of halogens is 1. The second-order valence-corrected chi connectivity index (χ2v) is 4.30. The smallest absolute Gasteiger partial charge is 0.269 e. The Morgan fingerprint density at radius 1 is 1.31 bits per heavy atom. The number of benzene rings is 1. The van der Waals surface area contributed by atoms with Gasteiger partial charge in [-0.15, -0.1) is 0 Å². The summed E-state index contributed by atoms with van der Waals surface area (Å²) in [6, 6.07) is 6.07. The third-order valence-corrected chi connectivity index (χ3v) is 2.69. The summed E-state index contributed by atoms with van der Waals surface area (Å²) >= 11 is 5.60. The van der Waals surface area contributed by atoms with Gasteiger partial charge in [-0.25, -0.2) is 0 Å². The average molecular weight is 222 g/mol. The van der Waals surface area contributed by atoms with Gasteiger partial charge in [0, 0.05) is 12.1 Å². The minimum Gasteiger partial charge on any atom is -0.269 e. The Kier molecular flexibility index (Phi) is 2.80. The first-order valence-corrected chi connectivity index (χ1v) is 5.15. The van der Waals surface area contributed by atoms with Gasteiger partial charge in [0.05, 0.1) is 5.69 Å². The fourth-order valence-electron chi connectivity index (χ4n) is 0.784. The highest BCUT2D eigenvalue weighted by atomic mass is 35.5. The van der Waals surface area contributed by atoms with Gasteiger partial charge in [-0.3, -0.25) is 8.86 Å². The molecule has 0 fully saturated rings. The lowest BCUT2D eigenvalue weighted by atomic mass is 10.3. The van der Waals surface area contributed by atoms with Gasteiger partial charge in [0.15, 0.2) is 0 Å². The molecule has 72 valence electrons. The third-order valence-electron chi connectivity index (χ3n) is 1.54. The number of hydrogen-bond acceptors (Lipinski definition) is 2. The Labute approximate surface area is 81.6 Å². The molecule has 0 saturated carbocycles. The Morgan fingerprint density at radius 2 is 1.77 bits per heavy atom. The molecule has 0 heterocycles. The minimum absolute atomic E-state index is 0.354. The predicted molar refractivity (Wildman–Crippen MR) is 51.4 cm³/mol. The van der Waals surface area contributed by atoms with Crippen molar-refractivity contribution in [2.75, 3.05) is 11.4 Å². The van der Waals surface area contributed by atoms with Crippen LogP contribution >= 0.6 is 11.6 Å². The van der Waals surface area contributed by atoms with Gasteiger partial charge < -0.3 is 0 Å². The van der Waals surface area contributed by atoms with E-state index in [0.29, 0.717) is 10.7 Å². The molecule has 0 aliphatic heterocycles. The zero-order valence-corrected chi connectivity index (χ0v) is 8.38. The zero-order chi connectivity index (χ0) is 10.1. The highest BCUT2D eigenvalue weighted by Gasteiger charge is 2.13. The molecule has 0 saturated heterocycles. The number of anilines is 1. The molecule has 0 bridgehead atoms. The van der Waals surface area contributed by atoms with E-state index < -0.39 is 10.3 Å².